The summed E-state index contributed by atoms with van der Waals surface area (Å²) >= 11 is 0. The molecule has 3 N–H and O–H groups in total. The first-order valence-electron chi connectivity index (χ1n) is 5.61. The van der Waals surface area contributed by atoms with Gasteiger partial charge in [0.15, 0.2) is 0 Å². The maximum atomic E-state index is 10.5. The van der Waals surface area contributed by atoms with Crippen LogP contribution in [0, 0.1) is 5.41 Å². The second-order valence-corrected chi connectivity index (χ2v) is 5.24. The summed E-state index contributed by atoms with van der Waals surface area (Å²) in [6, 6.07) is -0.708. The summed E-state index contributed by atoms with van der Waals surface area (Å²) in [6.07, 6.45) is 2.93. The highest BCUT2D eigenvalue weighted by atomic mass is 16.4. The summed E-state index contributed by atoms with van der Waals surface area (Å²) in [5, 5.41) is 8.65. The van der Waals surface area contributed by atoms with Gasteiger partial charge in [0.25, 0.3) is 0 Å². The highest BCUT2D eigenvalue weighted by molar-refractivity contribution is 5.72. The predicted molar refractivity (Wildman–Crippen MR) is 59.7 cm³/mol. The van der Waals surface area contributed by atoms with Crippen LogP contribution in [0.25, 0.3) is 0 Å². The lowest BCUT2D eigenvalue weighted by molar-refractivity contribution is -0.138. The summed E-state index contributed by atoms with van der Waals surface area (Å²) in [4.78, 5) is 12.8. The molecule has 0 bridgehead atoms. The minimum atomic E-state index is -0.896. The van der Waals surface area contributed by atoms with Gasteiger partial charge in [-0.2, -0.15) is 0 Å². The third-order valence-electron chi connectivity index (χ3n) is 3.28. The Kier molecular flexibility index (Phi) is 4.11. The fourth-order valence-electron chi connectivity index (χ4n) is 1.83. The highest BCUT2D eigenvalue weighted by Gasteiger charge is 2.25. The molecule has 88 valence electrons. The third kappa shape index (κ3) is 4.18. The van der Waals surface area contributed by atoms with E-state index in [4.69, 9.17) is 10.8 Å². The number of hydrogen-bond acceptors (Lipinski definition) is 3. The molecular formula is C11H22N2O2. The molecule has 0 saturated carbocycles. The van der Waals surface area contributed by atoms with E-state index in [-0.39, 0.29) is 0 Å². The zero-order valence-corrected chi connectivity index (χ0v) is 9.70. The number of piperidine rings is 1. The van der Waals surface area contributed by atoms with Gasteiger partial charge in [0.2, 0.25) is 0 Å². The second-order valence-electron chi connectivity index (χ2n) is 5.24. The Morgan fingerprint density at radius 1 is 1.47 bits per heavy atom. The van der Waals surface area contributed by atoms with Crippen molar-refractivity contribution in [3.63, 3.8) is 0 Å². The molecule has 1 aliphatic rings. The van der Waals surface area contributed by atoms with Crippen molar-refractivity contribution in [1.29, 1.82) is 0 Å². The summed E-state index contributed by atoms with van der Waals surface area (Å²) in [5.41, 5.74) is 5.91. The molecule has 15 heavy (non-hydrogen) atoms. The average Bonchev–Trinajstić information content (AvgIpc) is 2.15. The number of aliphatic carboxylic acids is 1. The third-order valence-corrected chi connectivity index (χ3v) is 3.28. The van der Waals surface area contributed by atoms with Crippen LogP contribution < -0.4 is 5.73 Å². The molecule has 0 aromatic carbocycles. The van der Waals surface area contributed by atoms with Crippen molar-refractivity contribution in [1.82, 2.24) is 4.90 Å². The Morgan fingerprint density at radius 2 is 2.00 bits per heavy atom. The van der Waals surface area contributed by atoms with Crippen molar-refractivity contribution in [3.8, 4) is 0 Å². The Morgan fingerprint density at radius 3 is 2.47 bits per heavy atom. The molecule has 1 rings (SSSR count). The van der Waals surface area contributed by atoms with E-state index < -0.39 is 12.0 Å². The first-order chi connectivity index (χ1) is 6.91. The molecule has 1 heterocycles. The molecule has 0 aromatic rings. The monoisotopic (exact) mass is 214 g/mol. The van der Waals surface area contributed by atoms with Gasteiger partial charge in [0.1, 0.15) is 6.04 Å². The van der Waals surface area contributed by atoms with E-state index in [1.807, 2.05) is 0 Å². The Hall–Kier alpha value is -0.610. The average molecular weight is 214 g/mol. The number of nitrogens with zero attached hydrogens (tertiary/aromatic N) is 1. The number of hydrogen-bond donors (Lipinski definition) is 2. The van der Waals surface area contributed by atoms with Crippen molar-refractivity contribution in [2.45, 2.75) is 39.2 Å². The molecular weight excluding hydrogens is 192 g/mol. The number of carboxylic acid groups (broad SMARTS) is 1. The van der Waals surface area contributed by atoms with E-state index in [0.29, 0.717) is 11.8 Å². The van der Waals surface area contributed by atoms with E-state index in [0.717, 1.165) is 19.6 Å². The maximum Gasteiger partial charge on any atom is 0.320 e. The van der Waals surface area contributed by atoms with Crippen LogP contribution in [0.2, 0.25) is 0 Å². The normalized spacial score (nSPS) is 23.7. The predicted octanol–water partition coefficient (Wildman–Crippen LogP) is 0.910. The molecule has 1 fully saturated rings. The standard InChI is InChI=1S/C11H22N2O2/c1-11(2)4-7-13(8-5-11)6-3-9(12)10(14)15/h9H,3-8,12H2,1-2H3,(H,14,15). The second kappa shape index (κ2) is 4.94. The van der Waals surface area contributed by atoms with Crippen LogP contribution in [0.5, 0.6) is 0 Å². The van der Waals surface area contributed by atoms with Crippen molar-refractivity contribution >= 4 is 5.97 Å². The summed E-state index contributed by atoms with van der Waals surface area (Å²) in [5.74, 6) is -0.896. The smallest absolute Gasteiger partial charge is 0.320 e. The van der Waals surface area contributed by atoms with Crippen LogP contribution in [-0.2, 0) is 4.79 Å². The molecule has 0 radical (unpaired) electrons. The molecule has 1 atom stereocenters. The van der Waals surface area contributed by atoms with Gasteiger partial charge in [-0.25, -0.2) is 0 Å². The number of likely N-dealkylation sites (tertiary alicyclic amines) is 1. The lowest BCUT2D eigenvalue weighted by Crippen LogP contribution is -2.41. The summed E-state index contributed by atoms with van der Waals surface area (Å²) < 4.78 is 0. The molecule has 1 aliphatic heterocycles. The highest BCUT2D eigenvalue weighted by Crippen LogP contribution is 2.29. The molecule has 0 aliphatic carbocycles. The Balaban J connectivity index is 2.22. The van der Waals surface area contributed by atoms with Gasteiger partial charge < -0.3 is 15.7 Å². The van der Waals surface area contributed by atoms with Crippen molar-refractivity contribution in [2.75, 3.05) is 19.6 Å². The van der Waals surface area contributed by atoms with Crippen LogP contribution in [-0.4, -0.2) is 41.7 Å². The zero-order valence-electron chi connectivity index (χ0n) is 9.70. The van der Waals surface area contributed by atoms with Gasteiger partial charge in [-0.3, -0.25) is 4.79 Å². The number of nitrogens with two attached hydrogens (primary N) is 1. The molecule has 4 heteroatoms. The minimum absolute atomic E-state index is 0.450. The van der Waals surface area contributed by atoms with Gasteiger partial charge in [-0.05, 0) is 37.8 Å². The lowest BCUT2D eigenvalue weighted by Gasteiger charge is -2.37. The SMILES string of the molecule is CC1(C)CCN(CCC(N)C(=O)O)CC1. The largest absolute Gasteiger partial charge is 0.480 e. The first-order valence-corrected chi connectivity index (χ1v) is 5.61. The molecule has 0 amide bonds. The van der Waals surface area contributed by atoms with Gasteiger partial charge in [0.05, 0.1) is 0 Å². The molecule has 0 spiro atoms. The summed E-state index contributed by atoms with van der Waals surface area (Å²) in [6.45, 7) is 7.52. The minimum Gasteiger partial charge on any atom is -0.480 e. The number of carbonyl (C=O) groups is 1. The van der Waals surface area contributed by atoms with Crippen LogP contribution in [0.15, 0.2) is 0 Å². The van der Waals surface area contributed by atoms with Crippen LogP contribution in [0.4, 0.5) is 0 Å². The van der Waals surface area contributed by atoms with E-state index in [2.05, 4.69) is 18.7 Å². The number of carboxylic acids is 1. The molecule has 0 aromatic heterocycles. The maximum absolute atomic E-state index is 10.5. The van der Waals surface area contributed by atoms with Crippen LogP contribution >= 0.6 is 0 Å². The topological polar surface area (TPSA) is 66.6 Å². The van der Waals surface area contributed by atoms with Crippen LogP contribution in [0.3, 0.4) is 0 Å². The first kappa shape index (κ1) is 12.5. The van der Waals surface area contributed by atoms with Crippen LogP contribution in [0.1, 0.15) is 33.1 Å². The molecule has 4 nitrogen and oxygen atoms in total. The number of rotatable bonds is 4. The zero-order chi connectivity index (χ0) is 11.5. The Labute approximate surface area is 91.4 Å². The molecule has 1 unspecified atom stereocenters. The van der Waals surface area contributed by atoms with Crippen molar-refractivity contribution < 1.29 is 9.90 Å². The van der Waals surface area contributed by atoms with Gasteiger partial charge in [-0.15, -0.1) is 0 Å². The van der Waals surface area contributed by atoms with Crippen molar-refractivity contribution in [2.24, 2.45) is 11.1 Å². The molecule has 1 saturated heterocycles. The lowest BCUT2D eigenvalue weighted by atomic mass is 9.82. The summed E-state index contributed by atoms with van der Waals surface area (Å²) in [7, 11) is 0. The van der Waals surface area contributed by atoms with E-state index >= 15 is 0 Å². The fourth-order valence-corrected chi connectivity index (χ4v) is 1.83. The van der Waals surface area contributed by atoms with Crippen molar-refractivity contribution in [3.05, 3.63) is 0 Å². The van der Waals surface area contributed by atoms with Gasteiger partial charge in [-0.1, -0.05) is 13.8 Å². The van der Waals surface area contributed by atoms with Gasteiger partial charge in [0, 0.05) is 6.54 Å². The van der Waals surface area contributed by atoms with E-state index in [9.17, 15) is 4.79 Å². The Bertz CT molecular complexity index is 219. The fraction of sp³-hybridized carbons (Fsp3) is 0.909. The van der Waals surface area contributed by atoms with E-state index in [1.165, 1.54) is 12.8 Å². The van der Waals surface area contributed by atoms with E-state index in [1.54, 1.807) is 0 Å². The quantitative estimate of drug-likeness (QED) is 0.730. The van der Waals surface area contributed by atoms with Gasteiger partial charge >= 0.3 is 5.97 Å².